The molecule has 0 aliphatic carbocycles. The van der Waals surface area contributed by atoms with Crippen molar-refractivity contribution in [2.24, 2.45) is 0 Å². The first kappa shape index (κ1) is 35.8. The Balaban J connectivity index is 1.52. The number of hydrogen-bond acceptors (Lipinski definition) is 4. The van der Waals surface area contributed by atoms with Gasteiger partial charge in [-0.15, -0.1) is 22.7 Å². The summed E-state index contributed by atoms with van der Waals surface area (Å²) in [5, 5.41) is 18.9. The number of benzene rings is 3. The molecule has 3 nitrogen and oxygen atoms in total. The van der Waals surface area contributed by atoms with E-state index in [4.69, 9.17) is 0 Å². The Bertz CT molecular complexity index is 1860. The van der Waals surface area contributed by atoms with Gasteiger partial charge < -0.3 is 5.11 Å². The van der Waals surface area contributed by atoms with Gasteiger partial charge >= 0.3 is 5.97 Å². The van der Waals surface area contributed by atoms with E-state index in [1.165, 1.54) is 92.6 Å². The van der Waals surface area contributed by atoms with Crippen molar-refractivity contribution in [3.8, 4) is 26.3 Å². The highest BCUT2D eigenvalue weighted by molar-refractivity contribution is 7.24. The minimum atomic E-state index is -1.19. The van der Waals surface area contributed by atoms with Gasteiger partial charge in [0.15, 0.2) is 0 Å². The zero-order valence-corrected chi connectivity index (χ0v) is 30.2. The first-order valence-electron chi connectivity index (χ1n) is 17.5. The fourth-order valence-corrected chi connectivity index (χ4v) is 8.63. The molecule has 0 saturated heterocycles. The maximum atomic E-state index is 11.6. The summed E-state index contributed by atoms with van der Waals surface area (Å²) in [6, 6.07) is 36.4. The molecule has 0 saturated carbocycles. The van der Waals surface area contributed by atoms with Crippen LogP contribution in [0.15, 0.2) is 103 Å². The summed E-state index contributed by atoms with van der Waals surface area (Å²) in [5.41, 5.74) is 8.34. The van der Waals surface area contributed by atoms with E-state index in [0.717, 1.165) is 36.1 Å². The smallest absolute Gasteiger partial charge is 0.346 e. The number of rotatable bonds is 17. The molecule has 49 heavy (non-hydrogen) atoms. The molecule has 0 radical (unpaired) electrons. The van der Waals surface area contributed by atoms with E-state index in [2.05, 4.69) is 117 Å². The van der Waals surface area contributed by atoms with Gasteiger partial charge in [0.1, 0.15) is 11.6 Å². The van der Waals surface area contributed by atoms with E-state index in [0.29, 0.717) is 0 Å². The Labute approximate surface area is 299 Å². The van der Waals surface area contributed by atoms with E-state index in [-0.39, 0.29) is 5.57 Å². The molecule has 2 aromatic heterocycles. The molecule has 0 fully saturated rings. The van der Waals surface area contributed by atoms with E-state index < -0.39 is 5.97 Å². The number of nitriles is 1. The monoisotopic (exact) mass is 683 g/mol. The molecule has 3 aromatic carbocycles. The third-order valence-electron chi connectivity index (χ3n) is 8.75. The number of carboxylic acid groups (broad SMARTS) is 1. The second kappa shape index (κ2) is 18.3. The number of carbonyl (C=O) groups is 1. The van der Waals surface area contributed by atoms with Crippen LogP contribution in [0, 0.1) is 11.3 Å². The van der Waals surface area contributed by atoms with Crippen LogP contribution in [0.5, 0.6) is 0 Å². The third kappa shape index (κ3) is 9.79. The van der Waals surface area contributed by atoms with Crippen molar-refractivity contribution in [1.29, 1.82) is 5.26 Å². The van der Waals surface area contributed by atoms with Crippen LogP contribution in [0.2, 0.25) is 0 Å². The van der Waals surface area contributed by atoms with Gasteiger partial charge in [0, 0.05) is 19.5 Å². The molecule has 0 bridgehead atoms. The highest BCUT2D eigenvalue weighted by Gasteiger charge is 2.18. The average Bonchev–Trinajstić information content (AvgIpc) is 3.74. The number of aryl methyl sites for hydroxylation is 2. The lowest BCUT2D eigenvalue weighted by atomic mass is 9.95. The van der Waals surface area contributed by atoms with Crippen LogP contribution in [0.1, 0.15) is 97.9 Å². The largest absolute Gasteiger partial charge is 0.477 e. The third-order valence-corrected chi connectivity index (χ3v) is 11.3. The van der Waals surface area contributed by atoms with Gasteiger partial charge in [0.2, 0.25) is 0 Å². The first-order valence-corrected chi connectivity index (χ1v) is 19.2. The number of aliphatic carboxylic acids is 1. The molecule has 0 atom stereocenters. The van der Waals surface area contributed by atoms with Crippen molar-refractivity contribution < 1.29 is 9.90 Å². The lowest BCUT2D eigenvalue weighted by Crippen LogP contribution is -1.96. The summed E-state index contributed by atoms with van der Waals surface area (Å²) in [4.78, 5) is 16.2. The van der Waals surface area contributed by atoms with Crippen molar-refractivity contribution in [3.05, 3.63) is 135 Å². The Hall–Kier alpha value is -4.50. The van der Waals surface area contributed by atoms with Crippen molar-refractivity contribution in [3.63, 3.8) is 0 Å². The number of unbranched alkanes of at least 4 members (excludes halogenated alkanes) is 6. The SMILES string of the molecule is CCCCCCc1cc(-c2sc(/C=C(/C#N)C(=O)O)cc2CCCCCC)sc1-c1ccc(C=C(c2ccccc2)c2ccccc2)cc1. The Kier molecular flexibility index (Phi) is 13.4. The van der Waals surface area contributed by atoms with Crippen LogP contribution in [-0.2, 0) is 17.6 Å². The van der Waals surface area contributed by atoms with Crippen LogP contribution >= 0.6 is 22.7 Å². The van der Waals surface area contributed by atoms with Gasteiger partial charge in [-0.2, -0.15) is 5.26 Å². The number of nitrogens with zero attached hydrogens (tertiary/aromatic N) is 1. The van der Waals surface area contributed by atoms with Crippen molar-refractivity contribution in [1.82, 2.24) is 0 Å². The minimum absolute atomic E-state index is 0.231. The maximum absolute atomic E-state index is 11.6. The molecule has 0 amide bonds. The van der Waals surface area contributed by atoms with Crippen molar-refractivity contribution in [2.75, 3.05) is 0 Å². The molecular weight excluding hydrogens is 639 g/mol. The molecule has 5 heteroatoms. The quantitative estimate of drug-likeness (QED) is 0.0459. The molecule has 5 rings (SSSR count). The standard InChI is InChI=1S/C44H45NO2S2/c1-3-5-7-11-21-36-28-39(29-38(31-45)44(46)47)48-43(36)41-30-37(22-12-8-6-4-2)42(49-41)35-25-23-32(24-26-35)27-40(33-17-13-9-14-18-33)34-19-15-10-16-20-34/h9-10,13-20,23-30H,3-8,11-12,21-22H2,1-2H3,(H,46,47)/b38-29-. The molecule has 0 unspecified atom stereocenters. The first-order chi connectivity index (χ1) is 24.0. The molecule has 2 heterocycles. The molecule has 0 aliphatic heterocycles. The Morgan fingerprint density at radius 2 is 1.27 bits per heavy atom. The summed E-state index contributed by atoms with van der Waals surface area (Å²) in [6.07, 6.45) is 15.2. The van der Waals surface area contributed by atoms with Gasteiger partial charge in [-0.25, -0.2) is 4.79 Å². The minimum Gasteiger partial charge on any atom is -0.477 e. The summed E-state index contributed by atoms with van der Waals surface area (Å²) >= 11 is 3.44. The molecule has 0 spiro atoms. The Morgan fingerprint density at radius 1 is 0.694 bits per heavy atom. The van der Waals surface area contributed by atoms with Gasteiger partial charge in [-0.1, -0.05) is 137 Å². The van der Waals surface area contributed by atoms with E-state index in [9.17, 15) is 15.2 Å². The van der Waals surface area contributed by atoms with Gasteiger partial charge in [-0.05, 0) is 88.9 Å². The summed E-state index contributed by atoms with van der Waals surface area (Å²) in [5.74, 6) is -1.19. The summed E-state index contributed by atoms with van der Waals surface area (Å²) in [7, 11) is 0. The van der Waals surface area contributed by atoms with Gasteiger partial charge in [0.25, 0.3) is 0 Å². The predicted molar refractivity (Wildman–Crippen MR) is 210 cm³/mol. The van der Waals surface area contributed by atoms with Gasteiger partial charge in [0.05, 0.1) is 0 Å². The topological polar surface area (TPSA) is 61.1 Å². The summed E-state index contributed by atoms with van der Waals surface area (Å²) < 4.78 is 0. The molecule has 1 N–H and O–H groups in total. The fraction of sp³-hybridized carbons (Fsp3) is 0.273. The zero-order valence-electron chi connectivity index (χ0n) is 28.6. The average molecular weight is 684 g/mol. The molecule has 5 aromatic rings. The molecule has 250 valence electrons. The van der Waals surface area contributed by atoms with Crippen LogP contribution in [0.25, 0.3) is 37.9 Å². The van der Waals surface area contributed by atoms with Crippen LogP contribution in [-0.4, -0.2) is 11.1 Å². The second-order valence-corrected chi connectivity index (χ2v) is 14.6. The van der Waals surface area contributed by atoms with Crippen molar-refractivity contribution >= 4 is 46.4 Å². The van der Waals surface area contributed by atoms with E-state index >= 15 is 0 Å². The van der Waals surface area contributed by atoms with E-state index in [1.807, 2.05) is 17.4 Å². The normalized spacial score (nSPS) is 11.3. The highest BCUT2D eigenvalue weighted by Crippen LogP contribution is 2.44. The lowest BCUT2D eigenvalue weighted by Gasteiger charge is -2.10. The van der Waals surface area contributed by atoms with Crippen molar-refractivity contribution in [2.45, 2.75) is 78.1 Å². The van der Waals surface area contributed by atoms with Crippen LogP contribution in [0.4, 0.5) is 0 Å². The van der Waals surface area contributed by atoms with E-state index in [1.54, 1.807) is 11.3 Å². The zero-order chi connectivity index (χ0) is 34.4. The molecule has 0 aliphatic rings. The van der Waals surface area contributed by atoms with Crippen LogP contribution < -0.4 is 0 Å². The fourth-order valence-electron chi connectivity index (χ4n) is 6.12. The summed E-state index contributed by atoms with van der Waals surface area (Å²) in [6.45, 7) is 4.47. The number of thiophene rings is 2. The molecular formula is C44H45NO2S2. The number of hydrogen-bond donors (Lipinski definition) is 1. The number of carboxylic acids is 1. The maximum Gasteiger partial charge on any atom is 0.346 e. The highest BCUT2D eigenvalue weighted by atomic mass is 32.1. The van der Waals surface area contributed by atoms with Gasteiger partial charge in [-0.3, -0.25) is 0 Å². The lowest BCUT2D eigenvalue weighted by molar-refractivity contribution is -0.132. The second-order valence-electron chi connectivity index (χ2n) is 12.5. The Morgan fingerprint density at radius 3 is 1.80 bits per heavy atom. The van der Waals surface area contributed by atoms with Crippen LogP contribution in [0.3, 0.4) is 0 Å². The predicted octanol–water partition coefficient (Wildman–Crippen LogP) is 13.0.